The van der Waals surface area contributed by atoms with E-state index in [9.17, 15) is 4.79 Å². The number of carbonyl (C=O) groups excluding carboxylic acids is 1. The lowest BCUT2D eigenvalue weighted by Gasteiger charge is -2.06. The highest BCUT2D eigenvalue weighted by atomic mass is 16.3. The Morgan fingerprint density at radius 1 is 1.33 bits per heavy atom. The van der Waals surface area contributed by atoms with Crippen LogP contribution in [0.15, 0.2) is 24.3 Å². The summed E-state index contributed by atoms with van der Waals surface area (Å²) in [5.74, 6) is 0. The van der Waals surface area contributed by atoms with E-state index in [1.807, 2.05) is 0 Å². The van der Waals surface area contributed by atoms with Gasteiger partial charge in [-0.1, -0.05) is 24.3 Å². The molecule has 3 nitrogen and oxygen atoms in total. The number of benzene rings is 1. The molecule has 0 amide bonds. The molecular formula is C9H10O3. The van der Waals surface area contributed by atoms with E-state index >= 15 is 0 Å². The third kappa shape index (κ3) is 1.90. The van der Waals surface area contributed by atoms with Crippen molar-refractivity contribution in [3.05, 3.63) is 35.4 Å². The predicted octanol–water partition coefficient (Wildman–Crippen LogP) is 0.525. The van der Waals surface area contributed by atoms with Gasteiger partial charge >= 0.3 is 0 Å². The fraction of sp³-hybridized carbons (Fsp3) is 0.222. The summed E-state index contributed by atoms with van der Waals surface area (Å²) in [5.41, 5.74) is 1.17. The number of aliphatic hydroxyl groups is 2. The Balaban J connectivity index is 2.84. The summed E-state index contributed by atoms with van der Waals surface area (Å²) in [4.78, 5) is 10.2. The molecule has 1 atom stereocenters. The van der Waals surface area contributed by atoms with Gasteiger partial charge in [-0.15, -0.1) is 0 Å². The molecule has 64 valence electrons. The molecule has 1 unspecified atom stereocenters. The van der Waals surface area contributed by atoms with E-state index in [-0.39, 0.29) is 6.61 Å². The fourth-order valence-corrected chi connectivity index (χ4v) is 0.902. The van der Waals surface area contributed by atoms with Crippen LogP contribution in [-0.4, -0.2) is 23.1 Å². The maximum atomic E-state index is 10.2. The Morgan fingerprint density at radius 3 is 2.33 bits per heavy atom. The van der Waals surface area contributed by atoms with E-state index in [2.05, 4.69) is 0 Å². The first-order valence-corrected chi connectivity index (χ1v) is 3.62. The van der Waals surface area contributed by atoms with Crippen LogP contribution in [0.2, 0.25) is 0 Å². The normalized spacial score (nSPS) is 12.5. The van der Waals surface area contributed by atoms with E-state index in [1.165, 1.54) is 0 Å². The number of aliphatic hydroxyl groups excluding tert-OH is 2. The second-order valence-electron chi connectivity index (χ2n) is 2.48. The summed E-state index contributed by atoms with van der Waals surface area (Å²) in [6.07, 6.45) is -0.125. The van der Waals surface area contributed by atoms with E-state index in [0.29, 0.717) is 11.1 Å². The van der Waals surface area contributed by atoms with Gasteiger partial charge in [-0.25, -0.2) is 0 Å². The average molecular weight is 166 g/mol. The van der Waals surface area contributed by atoms with Crippen LogP contribution in [0.3, 0.4) is 0 Å². The van der Waals surface area contributed by atoms with E-state index in [0.717, 1.165) is 6.29 Å². The standard InChI is InChI=1S/C9H10O3/c10-5-7-1-3-8(4-2-7)9(12)6-11/h1-5,9,11-12H,6H2. The monoisotopic (exact) mass is 166 g/mol. The highest BCUT2D eigenvalue weighted by Gasteiger charge is 2.04. The molecule has 3 heteroatoms. The molecule has 0 heterocycles. The van der Waals surface area contributed by atoms with Crippen LogP contribution in [0.25, 0.3) is 0 Å². The van der Waals surface area contributed by atoms with Gasteiger partial charge in [0.15, 0.2) is 0 Å². The molecule has 0 bridgehead atoms. The van der Waals surface area contributed by atoms with Gasteiger partial charge in [0.1, 0.15) is 12.4 Å². The molecule has 1 rings (SSSR count). The van der Waals surface area contributed by atoms with Crippen LogP contribution in [0, 0.1) is 0 Å². The minimum absolute atomic E-state index is 0.305. The molecule has 0 fully saturated rings. The van der Waals surface area contributed by atoms with E-state index < -0.39 is 6.10 Å². The van der Waals surface area contributed by atoms with E-state index in [1.54, 1.807) is 24.3 Å². The van der Waals surface area contributed by atoms with Crippen molar-refractivity contribution in [3.8, 4) is 0 Å². The van der Waals surface area contributed by atoms with Crippen LogP contribution in [0.1, 0.15) is 22.0 Å². The van der Waals surface area contributed by atoms with Gasteiger partial charge in [0.25, 0.3) is 0 Å². The fourth-order valence-electron chi connectivity index (χ4n) is 0.902. The van der Waals surface area contributed by atoms with Crippen LogP contribution in [0.4, 0.5) is 0 Å². The van der Waals surface area contributed by atoms with Crippen LogP contribution in [-0.2, 0) is 0 Å². The minimum Gasteiger partial charge on any atom is -0.393 e. The molecule has 0 aliphatic rings. The van der Waals surface area contributed by atoms with E-state index in [4.69, 9.17) is 10.2 Å². The predicted molar refractivity (Wildman–Crippen MR) is 43.9 cm³/mol. The smallest absolute Gasteiger partial charge is 0.150 e. The Labute approximate surface area is 70.3 Å². The maximum Gasteiger partial charge on any atom is 0.150 e. The van der Waals surface area contributed by atoms with Gasteiger partial charge in [-0.2, -0.15) is 0 Å². The molecule has 0 spiro atoms. The van der Waals surface area contributed by atoms with Crippen LogP contribution < -0.4 is 0 Å². The number of rotatable bonds is 3. The third-order valence-electron chi connectivity index (χ3n) is 1.63. The SMILES string of the molecule is O=Cc1ccc(C(O)CO)cc1. The van der Waals surface area contributed by atoms with Gasteiger partial charge in [0.2, 0.25) is 0 Å². The molecular weight excluding hydrogens is 156 g/mol. The zero-order valence-electron chi connectivity index (χ0n) is 6.47. The van der Waals surface area contributed by atoms with Crippen molar-refractivity contribution >= 4 is 6.29 Å². The van der Waals surface area contributed by atoms with Crippen molar-refractivity contribution in [2.24, 2.45) is 0 Å². The summed E-state index contributed by atoms with van der Waals surface area (Å²) in [7, 11) is 0. The largest absolute Gasteiger partial charge is 0.393 e. The lowest BCUT2D eigenvalue weighted by molar-refractivity contribution is 0.0955. The lowest BCUT2D eigenvalue weighted by Crippen LogP contribution is -2.01. The van der Waals surface area contributed by atoms with Gasteiger partial charge in [-0.3, -0.25) is 4.79 Å². The van der Waals surface area contributed by atoms with Crippen LogP contribution >= 0.6 is 0 Å². The molecule has 0 saturated carbocycles. The summed E-state index contributed by atoms with van der Waals surface area (Å²) in [6.45, 7) is -0.305. The summed E-state index contributed by atoms with van der Waals surface area (Å²) in [5, 5.41) is 17.7. The second kappa shape index (κ2) is 3.99. The quantitative estimate of drug-likeness (QED) is 0.644. The second-order valence-corrected chi connectivity index (χ2v) is 2.48. The molecule has 0 radical (unpaired) electrons. The van der Waals surface area contributed by atoms with Crippen molar-refractivity contribution in [2.75, 3.05) is 6.61 Å². The zero-order chi connectivity index (χ0) is 8.97. The molecule has 12 heavy (non-hydrogen) atoms. The Hall–Kier alpha value is -1.19. The van der Waals surface area contributed by atoms with Crippen molar-refractivity contribution in [1.29, 1.82) is 0 Å². The van der Waals surface area contributed by atoms with Crippen molar-refractivity contribution in [3.63, 3.8) is 0 Å². The average Bonchev–Trinajstić information content (AvgIpc) is 2.17. The minimum atomic E-state index is -0.856. The highest BCUT2D eigenvalue weighted by molar-refractivity contribution is 5.74. The van der Waals surface area contributed by atoms with Gasteiger partial charge in [-0.05, 0) is 5.56 Å². The molecule has 0 aliphatic carbocycles. The van der Waals surface area contributed by atoms with Crippen molar-refractivity contribution in [1.82, 2.24) is 0 Å². The molecule has 0 saturated heterocycles. The zero-order valence-corrected chi connectivity index (χ0v) is 6.47. The number of aldehydes is 1. The topological polar surface area (TPSA) is 57.5 Å². The number of hydrogen-bond acceptors (Lipinski definition) is 3. The molecule has 0 aliphatic heterocycles. The third-order valence-corrected chi connectivity index (χ3v) is 1.63. The van der Waals surface area contributed by atoms with Crippen molar-refractivity contribution in [2.45, 2.75) is 6.10 Å². The van der Waals surface area contributed by atoms with Gasteiger partial charge in [0, 0.05) is 5.56 Å². The van der Waals surface area contributed by atoms with Crippen LogP contribution in [0.5, 0.6) is 0 Å². The Morgan fingerprint density at radius 2 is 1.92 bits per heavy atom. The Kier molecular flexibility index (Phi) is 2.96. The highest BCUT2D eigenvalue weighted by Crippen LogP contribution is 2.11. The van der Waals surface area contributed by atoms with Gasteiger partial charge in [0.05, 0.1) is 6.61 Å². The molecule has 1 aromatic carbocycles. The first kappa shape index (κ1) is 8.90. The summed E-state index contributed by atoms with van der Waals surface area (Å²) >= 11 is 0. The first-order chi connectivity index (χ1) is 5.77. The van der Waals surface area contributed by atoms with Gasteiger partial charge < -0.3 is 10.2 Å². The Bertz CT molecular complexity index is 253. The molecule has 2 N–H and O–H groups in total. The summed E-state index contributed by atoms with van der Waals surface area (Å²) < 4.78 is 0. The van der Waals surface area contributed by atoms with Crippen molar-refractivity contribution < 1.29 is 15.0 Å². The molecule has 0 aromatic heterocycles. The molecule has 1 aromatic rings. The maximum absolute atomic E-state index is 10.2. The number of carbonyl (C=O) groups is 1. The summed E-state index contributed by atoms with van der Waals surface area (Å²) in [6, 6.07) is 6.43. The number of hydrogen-bond donors (Lipinski definition) is 2. The first-order valence-electron chi connectivity index (χ1n) is 3.62. The lowest BCUT2D eigenvalue weighted by atomic mass is 10.1.